The van der Waals surface area contributed by atoms with Gasteiger partial charge in [0.1, 0.15) is 0 Å². The second-order valence-corrected chi connectivity index (χ2v) is 4.96. The lowest BCUT2D eigenvalue weighted by Crippen LogP contribution is -2.22. The highest BCUT2D eigenvalue weighted by atomic mass is 16.3. The molecule has 1 aliphatic rings. The van der Waals surface area contributed by atoms with E-state index in [0.717, 1.165) is 12.1 Å². The Morgan fingerprint density at radius 1 is 1.29 bits per heavy atom. The van der Waals surface area contributed by atoms with E-state index in [0.29, 0.717) is 6.54 Å². The van der Waals surface area contributed by atoms with Gasteiger partial charge in [0.15, 0.2) is 0 Å². The van der Waals surface area contributed by atoms with E-state index in [1.54, 1.807) is 0 Å². The van der Waals surface area contributed by atoms with E-state index in [9.17, 15) is 5.11 Å². The molecule has 1 aliphatic carbocycles. The predicted molar refractivity (Wildman–Crippen MR) is 71.2 cm³/mol. The first-order valence-electron chi connectivity index (χ1n) is 6.81. The molecule has 2 rings (SSSR count). The minimum Gasteiger partial charge on any atom is -0.387 e. The van der Waals surface area contributed by atoms with Crippen LogP contribution < -0.4 is 5.32 Å². The number of aliphatic hydroxyl groups is 1. The third kappa shape index (κ3) is 3.30. The predicted octanol–water partition coefficient (Wildman–Crippen LogP) is 2.60. The number of nitrogens with one attached hydrogen (secondary N) is 1. The number of aryl methyl sites for hydroxylation is 2. The van der Waals surface area contributed by atoms with Gasteiger partial charge >= 0.3 is 0 Å². The minimum atomic E-state index is -0.363. The van der Waals surface area contributed by atoms with E-state index in [2.05, 4.69) is 30.4 Å². The molecule has 0 aromatic heterocycles. The lowest BCUT2D eigenvalue weighted by Gasteiger charge is -2.13. The highest BCUT2D eigenvalue weighted by Gasteiger charge is 2.13. The number of benzene rings is 1. The van der Waals surface area contributed by atoms with Crippen molar-refractivity contribution in [1.82, 2.24) is 5.32 Å². The van der Waals surface area contributed by atoms with E-state index in [4.69, 9.17) is 0 Å². The number of hydrogen-bond acceptors (Lipinski definition) is 2. The Hall–Kier alpha value is -0.860. The average molecular weight is 233 g/mol. The number of aliphatic hydroxyl groups excluding tert-OH is 1. The summed E-state index contributed by atoms with van der Waals surface area (Å²) >= 11 is 0. The molecule has 2 N–H and O–H groups in total. The lowest BCUT2D eigenvalue weighted by atomic mass is 10.0. The molecule has 1 aromatic carbocycles. The molecule has 0 saturated carbocycles. The zero-order valence-electron chi connectivity index (χ0n) is 10.7. The van der Waals surface area contributed by atoms with Gasteiger partial charge in [0.05, 0.1) is 6.10 Å². The summed E-state index contributed by atoms with van der Waals surface area (Å²) in [7, 11) is 0. The zero-order valence-corrected chi connectivity index (χ0v) is 10.7. The van der Waals surface area contributed by atoms with Crippen molar-refractivity contribution < 1.29 is 5.11 Å². The summed E-state index contributed by atoms with van der Waals surface area (Å²) < 4.78 is 0. The van der Waals surface area contributed by atoms with Gasteiger partial charge in [-0.15, -0.1) is 0 Å². The van der Waals surface area contributed by atoms with Crippen LogP contribution in [0.4, 0.5) is 0 Å². The van der Waals surface area contributed by atoms with Gasteiger partial charge in [-0.1, -0.05) is 31.5 Å². The van der Waals surface area contributed by atoms with Gasteiger partial charge in [-0.2, -0.15) is 0 Å². The molecular formula is C15H23NO. The van der Waals surface area contributed by atoms with Crippen LogP contribution >= 0.6 is 0 Å². The molecule has 17 heavy (non-hydrogen) atoms. The summed E-state index contributed by atoms with van der Waals surface area (Å²) in [5.74, 6) is 0. The molecule has 1 unspecified atom stereocenters. The molecular weight excluding hydrogens is 210 g/mol. The van der Waals surface area contributed by atoms with E-state index < -0.39 is 0 Å². The maximum absolute atomic E-state index is 10.1. The van der Waals surface area contributed by atoms with Crippen molar-refractivity contribution in [3.05, 3.63) is 34.9 Å². The van der Waals surface area contributed by atoms with Crippen molar-refractivity contribution in [2.24, 2.45) is 0 Å². The van der Waals surface area contributed by atoms with E-state index in [-0.39, 0.29) is 6.10 Å². The summed E-state index contributed by atoms with van der Waals surface area (Å²) in [4.78, 5) is 0. The molecule has 2 heteroatoms. The Labute approximate surface area is 104 Å². The fraction of sp³-hybridized carbons (Fsp3) is 0.600. The van der Waals surface area contributed by atoms with Crippen molar-refractivity contribution >= 4 is 0 Å². The number of hydrogen-bond donors (Lipinski definition) is 2. The summed E-state index contributed by atoms with van der Waals surface area (Å²) in [6, 6.07) is 6.46. The van der Waals surface area contributed by atoms with E-state index >= 15 is 0 Å². The van der Waals surface area contributed by atoms with Gasteiger partial charge < -0.3 is 10.4 Å². The topological polar surface area (TPSA) is 32.3 Å². The van der Waals surface area contributed by atoms with Gasteiger partial charge in [-0.3, -0.25) is 0 Å². The van der Waals surface area contributed by atoms with Crippen LogP contribution in [0.5, 0.6) is 0 Å². The van der Waals surface area contributed by atoms with Crippen LogP contribution in [0.2, 0.25) is 0 Å². The van der Waals surface area contributed by atoms with Crippen LogP contribution in [-0.4, -0.2) is 18.2 Å². The summed E-state index contributed by atoms with van der Waals surface area (Å²) in [5.41, 5.74) is 3.98. The van der Waals surface area contributed by atoms with Crippen molar-refractivity contribution in [3.8, 4) is 0 Å². The first-order valence-corrected chi connectivity index (χ1v) is 6.81. The molecule has 1 atom stereocenters. The molecule has 0 amide bonds. The molecule has 2 nitrogen and oxygen atoms in total. The second-order valence-electron chi connectivity index (χ2n) is 4.96. The van der Waals surface area contributed by atoms with Crippen LogP contribution in [0, 0.1) is 0 Å². The van der Waals surface area contributed by atoms with Gasteiger partial charge in [0.25, 0.3) is 0 Å². The quantitative estimate of drug-likeness (QED) is 0.740. The Morgan fingerprint density at radius 3 is 2.94 bits per heavy atom. The van der Waals surface area contributed by atoms with Crippen molar-refractivity contribution in [2.45, 2.75) is 45.1 Å². The van der Waals surface area contributed by atoms with Crippen LogP contribution in [0.25, 0.3) is 0 Å². The average Bonchev–Trinajstić information content (AvgIpc) is 2.81. The monoisotopic (exact) mass is 233 g/mol. The van der Waals surface area contributed by atoms with Crippen molar-refractivity contribution in [3.63, 3.8) is 0 Å². The molecule has 0 radical (unpaired) electrons. The zero-order chi connectivity index (χ0) is 12.1. The van der Waals surface area contributed by atoms with Crippen LogP contribution in [0.1, 0.15) is 49.0 Å². The fourth-order valence-electron chi connectivity index (χ4n) is 2.46. The third-order valence-electron chi connectivity index (χ3n) is 3.55. The molecule has 94 valence electrons. The van der Waals surface area contributed by atoms with Crippen LogP contribution in [0.3, 0.4) is 0 Å². The van der Waals surface area contributed by atoms with Gasteiger partial charge in [0, 0.05) is 6.54 Å². The normalized spacial score (nSPS) is 15.9. The molecule has 0 spiro atoms. The second kappa shape index (κ2) is 6.18. The Morgan fingerprint density at radius 2 is 2.12 bits per heavy atom. The fourth-order valence-corrected chi connectivity index (χ4v) is 2.46. The number of rotatable bonds is 6. The summed E-state index contributed by atoms with van der Waals surface area (Å²) in [6.45, 7) is 3.84. The smallest absolute Gasteiger partial charge is 0.0914 e. The van der Waals surface area contributed by atoms with E-state index in [1.807, 2.05) is 0 Å². The first-order chi connectivity index (χ1) is 8.31. The maximum Gasteiger partial charge on any atom is 0.0914 e. The van der Waals surface area contributed by atoms with E-state index in [1.165, 1.54) is 43.2 Å². The Bertz CT molecular complexity index is 362. The Balaban J connectivity index is 1.88. The molecule has 0 fully saturated rings. The van der Waals surface area contributed by atoms with Crippen molar-refractivity contribution in [2.75, 3.05) is 13.1 Å². The van der Waals surface area contributed by atoms with Gasteiger partial charge in [-0.05, 0) is 48.9 Å². The molecule has 0 bridgehead atoms. The molecule has 0 heterocycles. The molecule has 0 aliphatic heterocycles. The van der Waals surface area contributed by atoms with Gasteiger partial charge in [-0.25, -0.2) is 0 Å². The maximum atomic E-state index is 10.1. The Kier molecular flexibility index (Phi) is 4.57. The molecule has 1 aromatic rings. The van der Waals surface area contributed by atoms with Gasteiger partial charge in [0.2, 0.25) is 0 Å². The number of unbranched alkanes of at least 4 members (excludes halogenated alkanes) is 1. The highest BCUT2D eigenvalue weighted by molar-refractivity contribution is 5.36. The SMILES string of the molecule is CCCCNCC(O)c1ccc2c(c1)CCC2. The summed E-state index contributed by atoms with van der Waals surface area (Å²) in [5, 5.41) is 13.4. The highest BCUT2D eigenvalue weighted by Crippen LogP contribution is 2.25. The first kappa shape index (κ1) is 12.6. The molecule has 0 saturated heterocycles. The minimum absolute atomic E-state index is 0.363. The van der Waals surface area contributed by atoms with Crippen molar-refractivity contribution in [1.29, 1.82) is 0 Å². The lowest BCUT2D eigenvalue weighted by molar-refractivity contribution is 0.174. The van der Waals surface area contributed by atoms with Crippen LogP contribution in [0.15, 0.2) is 18.2 Å². The standard InChI is InChI=1S/C15H23NO/c1-2-3-9-16-11-15(17)14-8-7-12-5-4-6-13(12)10-14/h7-8,10,15-17H,2-6,9,11H2,1H3. The number of fused-ring (bicyclic) bond motifs is 1. The summed E-state index contributed by atoms with van der Waals surface area (Å²) in [6.07, 6.45) is 5.67. The third-order valence-corrected chi connectivity index (χ3v) is 3.55. The largest absolute Gasteiger partial charge is 0.387 e. The van der Waals surface area contributed by atoms with Crippen LogP contribution in [-0.2, 0) is 12.8 Å².